The van der Waals surface area contributed by atoms with Crippen LogP contribution < -0.4 is 5.32 Å². The van der Waals surface area contributed by atoms with E-state index < -0.39 is 0 Å². The number of rotatable bonds is 3. The number of thioether (sulfide) groups is 1. The molecule has 0 unspecified atom stereocenters. The number of phenols is 1. The Labute approximate surface area is 154 Å². The smallest absolute Gasteiger partial charge is 0.264 e. The summed E-state index contributed by atoms with van der Waals surface area (Å²) in [6.45, 7) is 1.88. The zero-order valence-corrected chi connectivity index (χ0v) is 14.9. The molecule has 0 radical (unpaired) electrons. The molecule has 1 aliphatic heterocycles. The lowest BCUT2D eigenvalue weighted by molar-refractivity contribution is -0.115. The minimum absolute atomic E-state index is 0.0711. The van der Waals surface area contributed by atoms with Crippen LogP contribution in [-0.4, -0.2) is 16.2 Å². The number of aryl methyl sites for hydroxylation is 1. The van der Waals surface area contributed by atoms with Crippen LogP contribution in [0.4, 0.5) is 5.69 Å². The summed E-state index contributed by atoms with van der Waals surface area (Å²) in [4.78, 5) is 16.8. The van der Waals surface area contributed by atoms with E-state index in [4.69, 9.17) is 11.6 Å². The van der Waals surface area contributed by atoms with Crippen LogP contribution in [0.5, 0.6) is 5.75 Å². The van der Waals surface area contributed by atoms with Crippen LogP contribution in [0.1, 0.15) is 11.1 Å². The molecule has 0 spiro atoms. The van der Waals surface area contributed by atoms with E-state index in [0.29, 0.717) is 20.8 Å². The Kier molecular flexibility index (Phi) is 5.26. The number of phenolic OH excluding ortho intramolecular Hbond substituents is 1. The average molecular weight is 371 g/mol. The van der Waals surface area contributed by atoms with E-state index in [2.05, 4.69) is 10.3 Å². The number of amidine groups is 1. The molecule has 1 fully saturated rings. The Morgan fingerprint density at radius 2 is 2.00 bits per heavy atom. The minimum atomic E-state index is -0.269. The van der Waals surface area contributed by atoms with Gasteiger partial charge in [0.05, 0.1) is 4.91 Å². The molecular formula is C19H15ClN2O2S. The summed E-state index contributed by atoms with van der Waals surface area (Å²) in [5.74, 6) is -0.197. The first-order valence-corrected chi connectivity index (χ1v) is 8.72. The Morgan fingerprint density at radius 1 is 1.24 bits per heavy atom. The van der Waals surface area contributed by atoms with Gasteiger partial charge in [0.1, 0.15) is 11.4 Å². The fourth-order valence-electron chi connectivity index (χ4n) is 2.19. The van der Waals surface area contributed by atoms with Crippen LogP contribution in [-0.2, 0) is 4.79 Å². The second-order valence-corrected chi connectivity index (χ2v) is 6.88. The van der Waals surface area contributed by atoms with E-state index in [9.17, 15) is 9.90 Å². The molecule has 0 aromatic heterocycles. The Morgan fingerprint density at radius 3 is 2.72 bits per heavy atom. The van der Waals surface area contributed by atoms with Crippen molar-refractivity contribution in [1.29, 1.82) is 0 Å². The summed E-state index contributed by atoms with van der Waals surface area (Å²) in [5.41, 5.74) is 2.29. The molecule has 1 heterocycles. The van der Waals surface area contributed by atoms with Crippen LogP contribution in [0, 0.1) is 6.92 Å². The molecule has 3 rings (SSSR count). The van der Waals surface area contributed by atoms with Crippen molar-refractivity contribution in [1.82, 2.24) is 5.32 Å². The second-order valence-electron chi connectivity index (χ2n) is 5.41. The molecule has 1 saturated heterocycles. The predicted octanol–water partition coefficient (Wildman–Crippen LogP) is 4.71. The number of hydrogen-bond donors (Lipinski definition) is 2. The molecule has 0 aliphatic carbocycles. The number of allylic oxidation sites excluding steroid dienone is 2. The van der Waals surface area contributed by atoms with E-state index in [1.807, 2.05) is 43.3 Å². The van der Waals surface area contributed by atoms with Crippen molar-refractivity contribution in [2.45, 2.75) is 6.92 Å². The highest BCUT2D eigenvalue weighted by atomic mass is 35.5. The summed E-state index contributed by atoms with van der Waals surface area (Å²) in [5, 5.41) is 13.4. The first-order valence-electron chi connectivity index (χ1n) is 7.53. The van der Waals surface area contributed by atoms with Crippen LogP contribution in [0.2, 0.25) is 0 Å². The van der Waals surface area contributed by atoms with Gasteiger partial charge in [0, 0.05) is 5.03 Å². The van der Waals surface area contributed by atoms with Crippen molar-refractivity contribution < 1.29 is 9.90 Å². The summed E-state index contributed by atoms with van der Waals surface area (Å²) in [6.07, 6.45) is 3.38. The Bertz CT molecular complexity index is 905. The number of aliphatic imine (C=N–C) groups is 1. The molecule has 2 N–H and O–H groups in total. The van der Waals surface area contributed by atoms with Gasteiger partial charge in [-0.2, -0.15) is 0 Å². The first kappa shape index (κ1) is 17.3. The maximum atomic E-state index is 12.1. The lowest BCUT2D eigenvalue weighted by Gasteiger charge is -2.01. The Balaban J connectivity index is 1.80. The van der Waals surface area contributed by atoms with Crippen LogP contribution in [0.25, 0.3) is 6.08 Å². The maximum absolute atomic E-state index is 12.1. The molecule has 0 bridgehead atoms. The normalized spacial score (nSPS) is 18.0. The van der Waals surface area contributed by atoms with Crippen LogP contribution >= 0.6 is 23.4 Å². The van der Waals surface area contributed by atoms with E-state index >= 15 is 0 Å². The number of benzene rings is 2. The molecule has 0 atom stereocenters. The third-order valence-corrected chi connectivity index (χ3v) is 4.50. The van der Waals surface area contributed by atoms with Crippen molar-refractivity contribution in [3.63, 3.8) is 0 Å². The minimum Gasteiger partial charge on any atom is -0.506 e. The van der Waals surface area contributed by atoms with Crippen molar-refractivity contribution >= 4 is 46.2 Å². The highest BCUT2D eigenvalue weighted by Crippen LogP contribution is 2.32. The maximum Gasteiger partial charge on any atom is 0.264 e. The van der Waals surface area contributed by atoms with Gasteiger partial charge in [0.2, 0.25) is 0 Å². The third kappa shape index (κ3) is 4.53. The molecule has 0 saturated carbocycles. The average Bonchev–Trinajstić information content (AvgIpc) is 2.90. The number of amides is 1. The van der Waals surface area contributed by atoms with Crippen LogP contribution in [0.15, 0.2) is 69.5 Å². The summed E-state index contributed by atoms with van der Waals surface area (Å²) in [6, 6.07) is 14.8. The van der Waals surface area contributed by atoms with Gasteiger partial charge in [0.25, 0.3) is 5.91 Å². The number of carbonyl (C=O) groups excluding carboxylic acids is 1. The van der Waals surface area contributed by atoms with Gasteiger partial charge in [-0.25, -0.2) is 4.99 Å². The van der Waals surface area contributed by atoms with Gasteiger partial charge in [-0.3, -0.25) is 4.79 Å². The fraction of sp³-hybridized carbons (Fsp3) is 0.0526. The van der Waals surface area contributed by atoms with Gasteiger partial charge in [-0.05, 0) is 54.1 Å². The molecule has 126 valence electrons. The lowest BCUT2D eigenvalue weighted by atomic mass is 10.2. The zero-order valence-electron chi connectivity index (χ0n) is 13.4. The molecule has 25 heavy (non-hydrogen) atoms. The number of carbonyl (C=O) groups is 1. The van der Waals surface area contributed by atoms with Crippen molar-refractivity contribution in [3.05, 3.63) is 75.7 Å². The van der Waals surface area contributed by atoms with Gasteiger partial charge >= 0.3 is 0 Å². The third-order valence-electron chi connectivity index (χ3n) is 3.38. The zero-order chi connectivity index (χ0) is 17.8. The quantitative estimate of drug-likeness (QED) is 0.769. The topological polar surface area (TPSA) is 61.7 Å². The molecule has 1 aliphatic rings. The largest absolute Gasteiger partial charge is 0.506 e. The number of aromatic hydroxyl groups is 1. The summed E-state index contributed by atoms with van der Waals surface area (Å²) in [7, 11) is 0. The lowest BCUT2D eigenvalue weighted by Crippen LogP contribution is -2.19. The van der Waals surface area contributed by atoms with Crippen molar-refractivity contribution in [3.8, 4) is 5.75 Å². The van der Waals surface area contributed by atoms with Gasteiger partial charge < -0.3 is 10.4 Å². The number of nitrogens with one attached hydrogen (secondary N) is 1. The predicted molar refractivity (Wildman–Crippen MR) is 104 cm³/mol. The Hall–Kier alpha value is -2.50. The van der Waals surface area contributed by atoms with E-state index in [0.717, 1.165) is 11.1 Å². The van der Waals surface area contributed by atoms with Crippen molar-refractivity contribution in [2.24, 2.45) is 4.99 Å². The van der Waals surface area contributed by atoms with Gasteiger partial charge in [-0.1, -0.05) is 48.0 Å². The standard InChI is InChI=1S/C19H15ClN2O2S/c1-12-7-8-15(16(23)9-12)21-19-22-18(24)17(25-19)11-14(20)10-13-5-3-2-4-6-13/h2-11,23H,1H3,(H,21,22,24)/b14-10-,17-11-. The number of halogens is 1. The van der Waals surface area contributed by atoms with Crippen LogP contribution in [0.3, 0.4) is 0 Å². The number of hydrogen-bond acceptors (Lipinski definition) is 4. The molecule has 2 aromatic carbocycles. The van der Waals surface area contributed by atoms with Gasteiger partial charge in [0.15, 0.2) is 5.17 Å². The second kappa shape index (κ2) is 7.59. The highest BCUT2D eigenvalue weighted by Gasteiger charge is 2.24. The molecule has 6 heteroatoms. The van der Waals surface area contributed by atoms with E-state index in [-0.39, 0.29) is 11.7 Å². The van der Waals surface area contributed by atoms with Gasteiger partial charge in [-0.15, -0.1) is 0 Å². The van der Waals surface area contributed by atoms with Crippen molar-refractivity contribution in [2.75, 3.05) is 0 Å². The molecular weight excluding hydrogens is 356 g/mol. The monoisotopic (exact) mass is 370 g/mol. The van der Waals surface area contributed by atoms with E-state index in [1.165, 1.54) is 11.8 Å². The number of nitrogens with zero attached hydrogens (tertiary/aromatic N) is 1. The molecule has 4 nitrogen and oxygen atoms in total. The first-order chi connectivity index (χ1) is 12.0. The van der Waals surface area contributed by atoms with E-state index in [1.54, 1.807) is 24.3 Å². The summed E-state index contributed by atoms with van der Waals surface area (Å²) < 4.78 is 0. The highest BCUT2D eigenvalue weighted by molar-refractivity contribution is 8.18. The molecule has 2 aromatic rings. The summed E-state index contributed by atoms with van der Waals surface area (Å²) >= 11 is 7.40. The molecule has 1 amide bonds. The fourth-order valence-corrected chi connectivity index (χ4v) is 3.32. The SMILES string of the molecule is Cc1ccc(N=C2NC(=O)/C(=C/C(Cl)=C/c3ccccc3)S2)c(O)c1.